The Morgan fingerprint density at radius 1 is 1.33 bits per heavy atom. The van der Waals surface area contributed by atoms with Gasteiger partial charge in [0.2, 0.25) is 10.0 Å². The summed E-state index contributed by atoms with van der Waals surface area (Å²) >= 11 is 0. The van der Waals surface area contributed by atoms with E-state index in [0.29, 0.717) is 13.1 Å². The molecule has 2 rings (SSSR count). The number of nitro benzene ring substituents is 1. The van der Waals surface area contributed by atoms with Gasteiger partial charge in [-0.2, -0.15) is 4.31 Å². The van der Waals surface area contributed by atoms with Crippen molar-refractivity contribution in [2.45, 2.75) is 18.7 Å². The van der Waals surface area contributed by atoms with E-state index >= 15 is 0 Å². The molecule has 2 unspecified atom stereocenters. The van der Waals surface area contributed by atoms with Crippen LogP contribution in [0.3, 0.4) is 0 Å². The predicted octanol–water partition coefficient (Wildman–Crippen LogP) is 1.16. The van der Waals surface area contributed by atoms with E-state index in [1.807, 2.05) is 13.8 Å². The highest BCUT2D eigenvalue weighted by molar-refractivity contribution is 7.89. The number of nitro groups is 1. The Morgan fingerprint density at radius 2 is 1.90 bits per heavy atom. The number of nitrogens with zero attached hydrogens (tertiary/aromatic N) is 2. The molecule has 116 valence electrons. The molecular weight excluding hydrogens is 296 g/mol. The van der Waals surface area contributed by atoms with Gasteiger partial charge in [0.1, 0.15) is 5.69 Å². The summed E-state index contributed by atoms with van der Waals surface area (Å²) in [5, 5.41) is 11.2. The van der Waals surface area contributed by atoms with Crippen LogP contribution in [0.15, 0.2) is 23.1 Å². The minimum Gasteiger partial charge on any atom is -0.318 e. The zero-order valence-electron chi connectivity index (χ0n) is 11.8. The molecular formula is C12H18N4O4S. The smallest absolute Gasteiger partial charge is 0.313 e. The number of hydrazine groups is 1. The molecule has 0 saturated carbocycles. The molecule has 0 amide bonds. The lowest BCUT2D eigenvalue weighted by Crippen LogP contribution is -2.29. The molecule has 0 aromatic heterocycles. The zero-order chi connectivity index (χ0) is 15.8. The van der Waals surface area contributed by atoms with Crippen LogP contribution in [0, 0.1) is 22.0 Å². The van der Waals surface area contributed by atoms with Gasteiger partial charge >= 0.3 is 5.69 Å². The van der Waals surface area contributed by atoms with Gasteiger partial charge in [0, 0.05) is 13.1 Å². The van der Waals surface area contributed by atoms with E-state index in [4.69, 9.17) is 5.84 Å². The number of nitrogens with two attached hydrogens (primary N) is 1. The van der Waals surface area contributed by atoms with Crippen molar-refractivity contribution in [3.63, 3.8) is 0 Å². The first-order valence-corrected chi connectivity index (χ1v) is 7.97. The SMILES string of the molecule is CC1CN(S(=O)(=O)c2cccc(NN)c2[N+](=O)[O-])CC1C. The lowest BCUT2D eigenvalue weighted by Gasteiger charge is -2.17. The summed E-state index contributed by atoms with van der Waals surface area (Å²) in [6, 6.07) is 4.03. The summed E-state index contributed by atoms with van der Waals surface area (Å²) in [6.07, 6.45) is 0. The Morgan fingerprint density at radius 3 is 2.38 bits per heavy atom. The van der Waals surface area contributed by atoms with Gasteiger partial charge in [-0.15, -0.1) is 0 Å². The lowest BCUT2D eigenvalue weighted by molar-refractivity contribution is -0.386. The normalized spacial score (nSPS) is 23.2. The van der Waals surface area contributed by atoms with Crippen LogP contribution in [0.2, 0.25) is 0 Å². The molecule has 0 radical (unpaired) electrons. The lowest BCUT2D eigenvalue weighted by atomic mass is 10.0. The second-order valence-electron chi connectivity index (χ2n) is 5.33. The standard InChI is InChI=1S/C12H18N4O4S/c1-8-6-15(7-9(8)2)21(19,20)11-5-3-4-10(14-13)12(11)16(17)18/h3-5,8-9,14H,6-7,13H2,1-2H3. The molecule has 0 bridgehead atoms. The Hall–Kier alpha value is -1.71. The molecule has 1 aliphatic heterocycles. The van der Waals surface area contributed by atoms with Crippen LogP contribution in [-0.2, 0) is 10.0 Å². The van der Waals surface area contributed by atoms with Crippen LogP contribution in [0.1, 0.15) is 13.8 Å². The molecule has 1 fully saturated rings. The number of hydrogen-bond donors (Lipinski definition) is 2. The number of nitrogen functional groups attached to an aromatic ring is 1. The predicted molar refractivity (Wildman–Crippen MR) is 78.0 cm³/mol. The maximum atomic E-state index is 12.7. The highest BCUT2D eigenvalue weighted by atomic mass is 32.2. The third kappa shape index (κ3) is 2.71. The van der Waals surface area contributed by atoms with Crippen LogP contribution in [0.25, 0.3) is 0 Å². The van der Waals surface area contributed by atoms with Crippen molar-refractivity contribution in [1.29, 1.82) is 0 Å². The monoisotopic (exact) mass is 314 g/mol. The van der Waals surface area contributed by atoms with Crippen LogP contribution in [0.4, 0.5) is 11.4 Å². The fourth-order valence-corrected chi connectivity index (χ4v) is 4.27. The topological polar surface area (TPSA) is 119 Å². The summed E-state index contributed by atoms with van der Waals surface area (Å²) in [4.78, 5) is 10.2. The van der Waals surface area contributed by atoms with Gasteiger partial charge in [-0.1, -0.05) is 19.9 Å². The Kier molecular flexibility index (Phi) is 4.17. The molecule has 1 aromatic carbocycles. The molecule has 1 heterocycles. The van der Waals surface area contributed by atoms with Crippen molar-refractivity contribution in [1.82, 2.24) is 4.31 Å². The van der Waals surface area contributed by atoms with Crippen molar-refractivity contribution in [2.24, 2.45) is 17.7 Å². The second kappa shape index (κ2) is 5.58. The summed E-state index contributed by atoms with van der Waals surface area (Å²) in [5.74, 6) is 5.67. The van der Waals surface area contributed by atoms with Gasteiger partial charge in [-0.25, -0.2) is 8.42 Å². The van der Waals surface area contributed by atoms with E-state index in [2.05, 4.69) is 5.43 Å². The van der Waals surface area contributed by atoms with Gasteiger partial charge < -0.3 is 5.43 Å². The first-order valence-electron chi connectivity index (χ1n) is 6.53. The van der Waals surface area contributed by atoms with Crippen molar-refractivity contribution < 1.29 is 13.3 Å². The van der Waals surface area contributed by atoms with E-state index in [0.717, 1.165) is 0 Å². The molecule has 0 spiro atoms. The minimum absolute atomic E-state index is 0.0265. The quantitative estimate of drug-likeness (QED) is 0.489. The van der Waals surface area contributed by atoms with Crippen LogP contribution < -0.4 is 11.3 Å². The fraction of sp³-hybridized carbons (Fsp3) is 0.500. The average molecular weight is 314 g/mol. The number of sulfonamides is 1. The molecule has 21 heavy (non-hydrogen) atoms. The number of nitrogens with one attached hydrogen (secondary N) is 1. The zero-order valence-corrected chi connectivity index (χ0v) is 12.6. The molecule has 1 aliphatic rings. The maximum absolute atomic E-state index is 12.7. The van der Waals surface area contributed by atoms with Crippen molar-refractivity contribution in [3.8, 4) is 0 Å². The Balaban J connectivity index is 2.53. The molecule has 2 atom stereocenters. The summed E-state index contributed by atoms with van der Waals surface area (Å²) in [7, 11) is -3.92. The van der Waals surface area contributed by atoms with Gasteiger partial charge in [0.15, 0.2) is 4.90 Å². The highest BCUT2D eigenvalue weighted by Crippen LogP contribution is 2.35. The number of hydrogen-bond acceptors (Lipinski definition) is 6. The number of anilines is 1. The largest absolute Gasteiger partial charge is 0.318 e. The van der Waals surface area contributed by atoms with Gasteiger partial charge in [0.25, 0.3) is 0 Å². The number of para-hydroxylation sites is 1. The van der Waals surface area contributed by atoms with E-state index in [1.54, 1.807) is 0 Å². The molecule has 3 N–H and O–H groups in total. The number of benzene rings is 1. The third-order valence-electron chi connectivity index (χ3n) is 3.91. The fourth-order valence-electron chi connectivity index (χ4n) is 2.45. The Bertz CT molecular complexity index is 651. The third-order valence-corrected chi connectivity index (χ3v) is 5.77. The van der Waals surface area contributed by atoms with Crippen molar-refractivity contribution in [3.05, 3.63) is 28.3 Å². The van der Waals surface area contributed by atoms with Gasteiger partial charge in [0.05, 0.1) is 4.92 Å². The minimum atomic E-state index is -3.92. The summed E-state index contributed by atoms with van der Waals surface area (Å²) in [6.45, 7) is 4.65. The molecule has 9 heteroatoms. The number of rotatable bonds is 4. The highest BCUT2D eigenvalue weighted by Gasteiger charge is 2.39. The molecule has 8 nitrogen and oxygen atoms in total. The van der Waals surface area contributed by atoms with E-state index in [1.165, 1.54) is 22.5 Å². The second-order valence-corrected chi connectivity index (χ2v) is 7.24. The average Bonchev–Trinajstić information content (AvgIpc) is 2.78. The van der Waals surface area contributed by atoms with Gasteiger partial charge in [-0.3, -0.25) is 16.0 Å². The molecule has 0 aliphatic carbocycles. The van der Waals surface area contributed by atoms with Crippen LogP contribution in [-0.4, -0.2) is 30.7 Å². The molecule has 1 aromatic rings. The first-order chi connectivity index (χ1) is 9.78. The van der Waals surface area contributed by atoms with Crippen molar-refractivity contribution >= 4 is 21.4 Å². The van der Waals surface area contributed by atoms with Crippen LogP contribution in [0.5, 0.6) is 0 Å². The van der Waals surface area contributed by atoms with E-state index in [9.17, 15) is 18.5 Å². The first kappa shape index (κ1) is 15.7. The summed E-state index contributed by atoms with van der Waals surface area (Å²) < 4.78 is 26.6. The van der Waals surface area contributed by atoms with E-state index in [-0.39, 0.29) is 22.4 Å². The van der Waals surface area contributed by atoms with Crippen molar-refractivity contribution in [2.75, 3.05) is 18.5 Å². The van der Waals surface area contributed by atoms with Crippen LogP contribution >= 0.6 is 0 Å². The van der Waals surface area contributed by atoms with E-state index < -0.39 is 20.6 Å². The maximum Gasteiger partial charge on any atom is 0.313 e. The Labute approximate surface area is 123 Å². The van der Waals surface area contributed by atoms with Gasteiger partial charge in [-0.05, 0) is 24.0 Å². The summed E-state index contributed by atoms with van der Waals surface area (Å²) in [5.41, 5.74) is 1.63. The molecule has 1 saturated heterocycles.